The van der Waals surface area contributed by atoms with Crippen LogP contribution < -0.4 is 5.32 Å². The van der Waals surface area contributed by atoms with Crippen LogP contribution in [0.2, 0.25) is 0 Å². The van der Waals surface area contributed by atoms with E-state index >= 15 is 0 Å². The summed E-state index contributed by atoms with van der Waals surface area (Å²) in [6, 6.07) is 15.7. The van der Waals surface area contributed by atoms with Gasteiger partial charge in [0.2, 0.25) is 0 Å². The largest absolute Gasteiger partial charge is 0.416 e. The highest BCUT2D eigenvalue weighted by atomic mass is 19.4. The summed E-state index contributed by atoms with van der Waals surface area (Å²) >= 11 is 0. The van der Waals surface area contributed by atoms with Crippen molar-refractivity contribution in [1.82, 2.24) is 0 Å². The van der Waals surface area contributed by atoms with E-state index in [1.54, 1.807) is 31.2 Å². The average molecular weight is 400 g/mol. The first kappa shape index (κ1) is 20.1. The number of nitrogens with zero attached hydrogens (tertiary/aromatic N) is 1. The zero-order valence-electron chi connectivity index (χ0n) is 15.2. The van der Waals surface area contributed by atoms with Crippen molar-refractivity contribution in [2.75, 3.05) is 5.32 Å². The van der Waals surface area contributed by atoms with Crippen LogP contribution in [0.15, 0.2) is 66.7 Å². The molecule has 1 N–H and O–H groups in total. The highest BCUT2D eigenvalue weighted by Crippen LogP contribution is 2.33. The van der Waals surface area contributed by atoms with Crippen LogP contribution in [0.1, 0.15) is 21.5 Å². The second-order valence-corrected chi connectivity index (χ2v) is 6.34. The zero-order valence-corrected chi connectivity index (χ0v) is 15.2. The number of nitro benzene ring substituents is 1. The van der Waals surface area contributed by atoms with Gasteiger partial charge in [0.15, 0.2) is 0 Å². The van der Waals surface area contributed by atoms with E-state index in [2.05, 4.69) is 5.32 Å². The maximum atomic E-state index is 12.9. The van der Waals surface area contributed by atoms with Crippen LogP contribution in [0, 0.1) is 17.0 Å². The molecular formula is C21H15F3N2O3. The summed E-state index contributed by atoms with van der Waals surface area (Å²) < 4.78 is 38.6. The fourth-order valence-electron chi connectivity index (χ4n) is 2.93. The number of rotatable bonds is 4. The summed E-state index contributed by atoms with van der Waals surface area (Å²) in [4.78, 5) is 23.4. The van der Waals surface area contributed by atoms with Gasteiger partial charge in [-0.15, -0.1) is 0 Å². The summed E-state index contributed by atoms with van der Waals surface area (Å²) in [6.07, 6.45) is -4.57. The number of carbonyl (C=O) groups is 1. The third kappa shape index (κ3) is 4.43. The molecule has 0 saturated carbocycles. The van der Waals surface area contributed by atoms with Crippen molar-refractivity contribution in [3.8, 4) is 11.1 Å². The molecule has 3 aromatic carbocycles. The van der Waals surface area contributed by atoms with Gasteiger partial charge in [-0.3, -0.25) is 14.9 Å². The number of amides is 1. The SMILES string of the molecule is Cc1cc([N+](=O)[O-])c(C(=O)Nc2cccc(C(F)(F)F)c2)cc1-c1ccccc1. The van der Waals surface area contributed by atoms with Crippen molar-refractivity contribution in [2.45, 2.75) is 13.1 Å². The van der Waals surface area contributed by atoms with Crippen molar-refractivity contribution >= 4 is 17.3 Å². The Morgan fingerprint density at radius 3 is 2.31 bits per heavy atom. The quantitative estimate of drug-likeness (QED) is 0.442. The predicted octanol–water partition coefficient (Wildman–Crippen LogP) is 5.84. The maximum absolute atomic E-state index is 12.9. The van der Waals surface area contributed by atoms with E-state index in [4.69, 9.17) is 0 Å². The number of nitrogens with one attached hydrogen (secondary N) is 1. The minimum absolute atomic E-state index is 0.110. The number of alkyl halides is 3. The number of nitro groups is 1. The van der Waals surface area contributed by atoms with Gasteiger partial charge in [0.1, 0.15) is 5.56 Å². The smallest absolute Gasteiger partial charge is 0.322 e. The molecule has 29 heavy (non-hydrogen) atoms. The Morgan fingerprint density at radius 1 is 1.00 bits per heavy atom. The summed E-state index contributed by atoms with van der Waals surface area (Å²) in [5.74, 6) is -0.867. The lowest BCUT2D eigenvalue weighted by Gasteiger charge is -2.12. The highest BCUT2D eigenvalue weighted by Gasteiger charge is 2.31. The van der Waals surface area contributed by atoms with E-state index in [1.165, 1.54) is 18.2 Å². The second-order valence-electron chi connectivity index (χ2n) is 6.34. The third-order valence-corrected chi connectivity index (χ3v) is 4.32. The molecule has 0 aromatic heterocycles. The number of benzene rings is 3. The van der Waals surface area contributed by atoms with Crippen LogP contribution >= 0.6 is 0 Å². The molecule has 0 bridgehead atoms. The predicted molar refractivity (Wildman–Crippen MR) is 103 cm³/mol. The van der Waals surface area contributed by atoms with Gasteiger partial charge in [0.05, 0.1) is 10.5 Å². The van der Waals surface area contributed by atoms with Gasteiger partial charge in [-0.1, -0.05) is 36.4 Å². The fraction of sp³-hybridized carbons (Fsp3) is 0.0952. The summed E-state index contributed by atoms with van der Waals surface area (Å²) in [5, 5.41) is 13.8. The lowest BCUT2D eigenvalue weighted by molar-refractivity contribution is -0.385. The van der Waals surface area contributed by atoms with Crippen molar-refractivity contribution in [2.24, 2.45) is 0 Å². The molecule has 0 aliphatic carbocycles. The standard InChI is InChI=1S/C21H15F3N2O3/c1-13-10-19(26(28)29)18(12-17(13)14-6-3-2-4-7-14)20(27)25-16-9-5-8-15(11-16)21(22,23)24/h2-12H,1H3,(H,25,27). The fourth-order valence-corrected chi connectivity index (χ4v) is 2.93. The molecule has 8 heteroatoms. The monoisotopic (exact) mass is 400 g/mol. The molecule has 3 rings (SSSR count). The van der Waals surface area contributed by atoms with Gasteiger partial charge in [-0.25, -0.2) is 0 Å². The molecule has 0 fully saturated rings. The minimum atomic E-state index is -4.57. The van der Waals surface area contributed by atoms with Gasteiger partial charge < -0.3 is 5.32 Å². The van der Waals surface area contributed by atoms with Crippen LogP contribution in [0.5, 0.6) is 0 Å². The van der Waals surface area contributed by atoms with E-state index in [1.807, 2.05) is 6.07 Å². The third-order valence-electron chi connectivity index (χ3n) is 4.32. The topological polar surface area (TPSA) is 72.2 Å². The maximum Gasteiger partial charge on any atom is 0.416 e. The summed E-state index contributed by atoms with van der Waals surface area (Å²) in [6.45, 7) is 1.68. The van der Waals surface area contributed by atoms with E-state index in [-0.39, 0.29) is 11.3 Å². The molecule has 1 amide bonds. The van der Waals surface area contributed by atoms with E-state index < -0.39 is 28.3 Å². The molecule has 148 valence electrons. The molecule has 0 aliphatic heterocycles. The Morgan fingerprint density at radius 2 is 1.69 bits per heavy atom. The first-order valence-corrected chi connectivity index (χ1v) is 8.50. The van der Waals surface area contributed by atoms with E-state index in [9.17, 15) is 28.1 Å². The van der Waals surface area contributed by atoms with Gasteiger partial charge >= 0.3 is 6.18 Å². The number of anilines is 1. The van der Waals surface area contributed by atoms with Crippen molar-refractivity contribution < 1.29 is 22.9 Å². The Bertz CT molecular complexity index is 1080. The Kier molecular flexibility index (Phi) is 5.36. The zero-order chi connectivity index (χ0) is 21.2. The normalized spacial score (nSPS) is 11.2. The first-order chi connectivity index (χ1) is 13.7. The van der Waals surface area contributed by atoms with Gasteiger partial charge in [-0.05, 0) is 47.9 Å². The van der Waals surface area contributed by atoms with Crippen LogP contribution in [0.4, 0.5) is 24.5 Å². The van der Waals surface area contributed by atoms with Crippen molar-refractivity contribution in [1.29, 1.82) is 0 Å². The lowest BCUT2D eigenvalue weighted by Crippen LogP contribution is -2.15. The van der Waals surface area contributed by atoms with Crippen molar-refractivity contribution in [3.63, 3.8) is 0 Å². The summed E-state index contributed by atoms with van der Waals surface area (Å²) in [7, 11) is 0. The van der Waals surface area contributed by atoms with Crippen LogP contribution in [-0.4, -0.2) is 10.8 Å². The van der Waals surface area contributed by atoms with E-state index in [0.29, 0.717) is 11.1 Å². The van der Waals surface area contributed by atoms with Gasteiger partial charge in [0, 0.05) is 11.8 Å². The second kappa shape index (κ2) is 7.75. The number of aryl methyl sites for hydroxylation is 1. The molecule has 0 atom stereocenters. The molecule has 0 aliphatic rings. The molecule has 0 saturated heterocycles. The van der Waals surface area contributed by atoms with Gasteiger partial charge in [-0.2, -0.15) is 13.2 Å². The number of hydrogen-bond donors (Lipinski definition) is 1. The number of carbonyl (C=O) groups excluding carboxylic acids is 1. The molecular weight excluding hydrogens is 385 g/mol. The number of hydrogen-bond acceptors (Lipinski definition) is 3. The van der Waals surface area contributed by atoms with Crippen molar-refractivity contribution in [3.05, 3.63) is 93.5 Å². The Balaban J connectivity index is 2.03. The Hall–Kier alpha value is -3.68. The molecule has 0 spiro atoms. The molecule has 0 unspecified atom stereocenters. The molecule has 0 heterocycles. The molecule has 3 aromatic rings. The highest BCUT2D eigenvalue weighted by molar-refractivity contribution is 6.08. The van der Waals surface area contributed by atoms with Gasteiger partial charge in [0.25, 0.3) is 11.6 Å². The van der Waals surface area contributed by atoms with E-state index in [0.717, 1.165) is 23.8 Å². The van der Waals surface area contributed by atoms with Crippen LogP contribution in [0.25, 0.3) is 11.1 Å². The average Bonchev–Trinajstić information content (AvgIpc) is 2.67. The van der Waals surface area contributed by atoms with Crippen LogP contribution in [0.3, 0.4) is 0 Å². The summed E-state index contributed by atoms with van der Waals surface area (Å²) in [5.41, 5.74) is 0.264. The Labute approximate surface area is 164 Å². The first-order valence-electron chi connectivity index (χ1n) is 8.50. The molecule has 5 nitrogen and oxygen atoms in total. The lowest BCUT2D eigenvalue weighted by atomic mass is 9.96. The minimum Gasteiger partial charge on any atom is -0.322 e. The van der Waals surface area contributed by atoms with Crippen LogP contribution in [-0.2, 0) is 6.18 Å². The molecule has 0 radical (unpaired) electrons. The number of halogens is 3.